The molecule has 0 atom stereocenters. The van der Waals surface area contributed by atoms with Crippen molar-refractivity contribution in [3.8, 4) is 0 Å². The van der Waals surface area contributed by atoms with Crippen molar-refractivity contribution in [3.05, 3.63) is 12.7 Å². The summed E-state index contributed by atoms with van der Waals surface area (Å²) < 4.78 is 0. The first-order valence-electron chi connectivity index (χ1n) is 1.35. The van der Waals surface area contributed by atoms with E-state index >= 15 is 0 Å². The monoisotopic (exact) mass is 70.0 g/mol. The molecule has 0 amide bonds. The SMILES string of the molecule is c1n[nH]c[nH+]1. The third-order valence-corrected chi connectivity index (χ3v) is 0.362. The molecule has 0 fully saturated rings. The second-order valence-electron chi connectivity index (χ2n) is 0.698. The van der Waals surface area contributed by atoms with Crippen molar-refractivity contribution in [1.29, 1.82) is 0 Å². The minimum absolute atomic E-state index is 1.57. The maximum Gasteiger partial charge on any atom is 0.262 e. The fourth-order valence-electron chi connectivity index (χ4n) is 0.186. The number of rotatable bonds is 0. The molecule has 1 aromatic rings. The Morgan fingerprint density at radius 1 is 1.80 bits per heavy atom. The predicted molar refractivity (Wildman–Crippen MR) is 15.1 cm³/mol. The number of hydrogen-bond donors (Lipinski definition) is 1. The normalized spacial score (nSPS) is 8.00. The lowest BCUT2D eigenvalue weighted by Crippen LogP contribution is -1.88. The highest BCUT2D eigenvalue weighted by Crippen LogP contribution is 1.41. The largest absolute Gasteiger partial charge is 0.262 e. The van der Waals surface area contributed by atoms with Gasteiger partial charge in [-0.05, 0) is 0 Å². The molecule has 2 N–H and O–H groups in total. The topological polar surface area (TPSA) is 42.8 Å². The molecule has 0 radical (unpaired) electrons. The van der Waals surface area contributed by atoms with Gasteiger partial charge < -0.3 is 0 Å². The molecule has 3 nitrogen and oxygen atoms in total. The number of nitrogens with zero attached hydrogens (tertiary/aromatic N) is 1. The average molecular weight is 70.1 g/mol. The lowest BCUT2D eigenvalue weighted by Gasteiger charge is -1.34. The quantitative estimate of drug-likeness (QED) is 0.427. The van der Waals surface area contributed by atoms with Gasteiger partial charge in [-0.2, -0.15) is 0 Å². The van der Waals surface area contributed by atoms with Crippen molar-refractivity contribution >= 4 is 0 Å². The second-order valence-corrected chi connectivity index (χ2v) is 0.698. The van der Waals surface area contributed by atoms with Gasteiger partial charge in [0.1, 0.15) is 0 Å². The highest BCUT2D eigenvalue weighted by molar-refractivity contribution is 4.22. The third-order valence-electron chi connectivity index (χ3n) is 0.362. The molecular formula is C2H4N3+. The van der Waals surface area contributed by atoms with Gasteiger partial charge in [-0.25, -0.2) is 0 Å². The van der Waals surface area contributed by atoms with E-state index in [1.165, 1.54) is 0 Å². The van der Waals surface area contributed by atoms with E-state index in [4.69, 9.17) is 0 Å². The van der Waals surface area contributed by atoms with Gasteiger partial charge in [-0.1, -0.05) is 0 Å². The number of nitrogens with one attached hydrogen (secondary N) is 2. The molecule has 0 saturated heterocycles. The summed E-state index contributed by atoms with van der Waals surface area (Å²) in [5.41, 5.74) is 0. The van der Waals surface area contributed by atoms with Gasteiger partial charge in [0.05, 0.1) is 0 Å². The van der Waals surface area contributed by atoms with Crippen LogP contribution in [0.15, 0.2) is 12.7 Å². The van der Waals surface area contributed by atoms with Gasteiger partial charge in [0, 0.05) is 5.10 Å². The summed E-state index contributed by atoms with van der Waals surface area (Å²) in [6, 6.07) is 0. The summed E-state index contributed by atoms with van der Waals surface area (Å²) in [6.45, 7) is 0. The number of aromatic amines is 2. The van der Waals surface area contributed by atoms with E-state index in [-0.39, 0.29) is 0 Å². The first-order chi connectivity index (χ1) is 2.50. The third kappa shape index (κ3) is 0.238. The molecule has 0 aliphatic heterocycles. The van der Waals surface area contributed by atoms with Crippen LogP contribution in [0.5, 0.6) is 0 Å². The zero-order valence-electron chi connectivity index (χ0n) is 2.60. The molecule has 26 valence electrons. The van der Waals surface area contributed by atoms with Crippen LogP contribution in [0.2, 0.25) is 0 Å². The molecule has 0 spiro atoms. The average Bonchev–Trinajstić information content (AvgIpc) is 1.76. The summed E-state index contributed by atoms with van der Waals surface area (Å²) in [5, 5.41) is 6.10. The molecule has 0 aliphatic rings. The summed E-state index contributed by atoms with van der Waals surface area (Å²) >= 11 is 0. The molecule has 0 unspecified atom stereocenters. The molecule has 1 rings (SSSR count). The minimum atomic E-state index is 1.57. The Morgan fingerprint density at radius 3 is 3.00 bits per heavy atom. The summed E-state index contributed by atoms with van der Waals surface area (Å²) in [7, 11) is 0. The Morgan fingerprint density at radius 2 is 2.80 bits per heavy atom. The van der Waals surface area contributed by atoms with Gasteiger partial charge in [0.15, 0.2) is 0 Å². The van der Waals surface area contributed by atoms with Crippen molar-refractivity contribution in [1.82, 2.24) is 10.2 Å². The Kier molecular flexibility index (Phi) is 0.400. The van der Waals surface area contributed by atoms with E-state index in [2.05, 4.69) is 15.2 Å². The van der Waals surface area contributed by atoms with E-state index in [1.54, 1.807) is 12.7 Å². The van der Waals surface area contributed by atoms with E-state index in [0.717, 1.165) is 0 Å². The maximum absolute atomic E-state index is 3.54. The van der Waals surface area contributed by atoms with Crippen molar-refractivity contribution in [2.24, 2.45) is 0 Å². The van der Waals surface area contributed by atoms with Crippen molar-refractivity contribution in [2.75, 3.05) is 0 Å². The van der Waals surface area contributed by atoms with Gasteiger partial charge >= 0.3 is 0 Å². The van der Waals surface area contributed by atoms with Crippen LogP contribution in [-0.4, -0.2) is 10.2 Å². The van der Waals surface area contributed by atoms with Gasteiger partial charge in [-0.15, -0.1) is 5.10 Å². The number of H-pyrrole nitrogens is 2. The van der Waals surface area contributed by atoms with Gasteiger partial charge in [0.25, 0.3) is 6.33 Å². The highest BCUT2D eigenvalue weighted by Gasteiger charge is 1.68. The van der Waals surface area contributed by atoms with Crippen molar-refractivity contribution in [3.63, 3.8) is 0 Å². The van der Waals surface area contributed by atoms with Crippen LogP contribution in [-0.2, 0) is 0 Å². The summed E-state index contributed by atoms with van der Waals surface area (Å²) in [6.07, 6.45) is 3.21. The fraction of sp³-hybridized carbons (Fsp3) is 0. The van der Waals surface area contributed by atoms with E-state index in [0.29, 0.717) is 0 Å². The number of hydrogen-bond acceptors (Lipinski definition) is 1. The lowest BCUT2D eigenvalue weighted by molar-refractivity contribution is -0.377. The predicted octanol–water partition coefficient (Wildman–Crippen LogP) is -0.776. The van der Waals surface area contributed by atoms with Crippen LogP contribution in [0, 0.1) is 0 Å². The van der Waals surface area contributed by atoms with E-state index < -0.39 is 0 Å². The van der Waals surface area contributed by atoms with Crippen LogP contribution in [0.3, 0.4) is 0 Å². The zero-order chi connectivity index (χ0) is 3.54. The molecule has 0 bridgehead atoms. The molecule has 0 aliphatic carbocycles. The Bertz CT molecular complexity index is 61.4. The molecular weight excluding hydrogens is 66.0 g/mol. The fourth-order valence-corrected chi connectivity index (χ4v) is 0.186. The molecule has 5 heavy (non-hydrogen) atoms. The molecule has 0 saturated carbocycles. The van der Waals surface area contributed by atoms with Crippen LogP contribution in [0.25, 0.3) is 0 Å². The summed E-state index contributed by atoms with van der Waals surface area (Å²) in [4.78, 5) is 2.69. The molecule has 0 aromatic carbocycles. The van der Waals surface area contributed by atoms with Crippen molar-refractivity contribution in [2.45, 2.75) is 0 Å². The molecule has 3 heteroatoms. The van der Waals surface area contributed by atoms with Crippen molar-refractivity contribution < 1.29 is 4.98 Å². The Labute approximate surface area is 29.0 Å². The minimum Gasteiger partial charge on any atom is -0.251 e. The zero-order valence-corrected chi connectivity index (χ0v) is 2.60. The second kappa shape index (κ2) is 0.839. The van der Waals surface area contributed by atoms with Crippen LogP contribution >= 0.6 is 0 Å². The van der Waals surface area contributed by atoms with Crippen LogP contribution < -0.4 is 4.98 Å². The Balaban J connectivity index is 3.13. The standard InChI is InChI=1S/C2H3N3/c1-3-2-5-4-1/h1-2H,(H,3,4,5)/p+1. The molecule has 1 aromatic heterocycles. The number of aromatic nitrogens is 3. The van der Waals surface area contributed by atoms with E-state index in [1.807, 2.05) is 0 Å². The summed E-state index contributed by atoms with van der Waals surface area (Å²) in [5.74, 6) is 0. The lowest BCUT2D eigenvalue weighted by atomic mass is 11.3. The van der Waals surface area contributed by atoms with E-state index in [9.17, 15) is 0 Å². The van der Waals surface area contributed by atoms with Crippen LogP contribution in [0.4, 0.5) is 0 Å². The highest BCUT2D eigenvalue weighted by atomic mass is 15.2. The Hall–Kier alpha value is -0.860. The molecule has 1 heterocycles. The van der Waals surface area contributed by atoms with Crippen LogP contribution in [0.1, 0.15) is 0 Å². The smallest absolute Gasteiger partial charge is 0.251 e. The van der Waals surface area contributed by atoms with Gasteiger partial charge in [-0.3, -0.25) is 4.98 Å². The van der Waals surface area contributed by atoms with Gasteiger partial charge in [0.2, 0.25) is 6.33 Å². The maximum atomic E-state index is 3.54. The first-order valence-corrected chi connectivity index (χ1v) is 1.35. The first kappa shape index (κ1) is 2.38.